The van der Waals surface area contributed by atoms with Crippen LogP contribution in [0.2, 0.25) is 0 Å². The highest BCUT2D eigenvalue weighted by atomic mass is 16.1. The first-order chi connectivity index (χ1) is 4.86. The molecule has 0 aliphatic heterocycles. The largest absolute Gasteiger partial charge is 0.344 e. The highest BCUT2D eigenvalue weighted by Gasteiger charge is 1.89. The molecule has 4 nitrogen and oxygen atoms in total. The Balaban J connectivity index is 0.000001000. The van der Waals surface area contributed by atoms with Crippen LogP contribution in [0, 0.1) is 0 Å². The van der Waals surface area contributed by atoms with E-state index in [1.807, 2.05) is 0 Å². The first-order valence-electron chi connectivity index (χ1n) is 2.88. The molecular weight excluding hydrogens is 142 g/mol. The number of benzene rings is 1. The molecule has 0 bridgehead atoms. The third kappa shape index (κ3) is 2.37. The maximum atomic E-state index is 10.2. The van der Waals surface area contributed by atoms with Crippen LogP contribution in [0.3, 0.4) is 0 Å². The van der Waals surface area contributed by atoms with Gasteiger partial charge in [0, 0.05) is 11.3 Å². The van der Waals surface area contributed by atoms with Gasteiger partial charge in [-0.15, -0.1) is 0 Å². The molecule has 0 saturated carbocycles. The molecule has 0 atom stereocenters. The maximum absolute atomic E-state index is 10.2. The van der Waals surface area contributed by atoms with Crippen molar-refractivity contribution in [2.45, 2.75) is 0 Å². The molecule has 0 spiro atoms. The Morgan fingerprint density at radius 2 is 2.18 bits per heavy atom. The van der Waals surface area contributed by atoms with Gasteiger partial charge in [0.25, 0.3) is 0 Å². The van der Waals surface area contributed by atoms with Gasteiger partial charge in [-0.25, -0.2) is 0 Å². The molecule has 0 fully saturated rings. The van der Waals surface area contributed by atoms with Crippen LogP contribution in [0.25, 0.3) is 0 Å². The van der Waals surface area contributed by atoms with Crippen LogP contribution in [-0.2, 0) is 0 Å². The van der Waals surface area contributed by atoms with E-state index in [2.05, 4.69) is 5.43 Å². The average molecular weight is 153 g/mol. The van der Waals surface area contributed by atoms with E-state index < -0.39 is 0 Å². The van der Waals surface area contributed by atoms with Gasteiger partial charge in [-0.1, -0.05) is 12.1 Å². The number of nitrogens with one attached hydrogen (secondary N) is 1. The number of hydrogen-bond donors (Lipinski definition) is 3. The van der Waals surface area contributed by atoms with Gasteiger partial charge in [-0.3, -0.25) is 10.6 Å². The van der Waals surface area contributed by atoms with E-state index >= 15 is 0 Å². The number of hydrazine groups is 1. The van der Waals surface area contributed by atoms with Crippen molar-refractivity contribution in [3.63, 3.8) is 0 Å². The summed E-state index contributed by atoms with van der Waals surface area (Å²) in [5.41, 5.74) is 3.80. The van der Waals surface area contributed by atoms with Gasteiger partial charge in [0.2, 0.25) is 0 Å². The van der Waals surface area contributed by atoms with E-state index in [0.29, 0.717) is 5.56 Å². The summed E-state index contributed by atoms with van der Waals surface area (Å²) in [5.74, 6) is 5.11. The second kappa shape index (κ2) is 4.43. The Hall–Kier alpha value is -1.39. The minimum atomic E-state index is 0. The first-order valence-corrected chi connectivity index (χ1v) is 2.88. The topological polar surface area (TPSA) is 90.1 Å². The number of carbonyl (C=O) groups is 1. The molecule has 0 aromatic heterocycles. The molecule has 4 heteroatoms. The van der Waals surface area contributed by atoms with Crippen molar-refractivity contribution in [1.29, 1.82) is 0 Å². The summed E-state index contributed by atoms with van der Waals surface area (Å²) in [6.45, 7) is 0. The predicted molar refractivity (Wildman–Crippen MR) is 44.7 cm³/mol. The third-order valence-corrected chi connectivity index (χ3v) is 1.19. The van der Waals surface area contributed by atoms with Gasteiger partial charge >= 0.3 is 0 Å². The minimum Gasteiger partial charge on any atom is -0.344 e. The molecule has 0 aliphatic rings. The molecule has 0 saturated heterocycles. The quantitative estimate of drug-likeness (QED) is 0.335. The summed E-state index contributed by atoms with van der Waals surface area (Å²) in [5, 5.41) is 0. The van der Waals surface area contributed by atoms with Gasteiger partial charge in [0.05, 0.1) is 0 Å². The van der Waals surface area contributed by atoms with E-state index in [4.69, 9.17) is 5.84 Å². The molecule has 0 heterocycles. The maximum Gasteiger partial charge on any atom is 0.150 e. The Morgan fingerprint density at radius 3 is 2.73 bits per heavy atom. The summed E-state index contributed by atoms with van der Waals surface area (Å²) >= 11 is 0. The highest BCUT2D eigenvalue weighted by Crippen LogP contribution is 2.06. The standard InChI is InChI=1S/C7H8N2O.H3N/c8-9-7-3-1-2-6(4-7)5-10;/h1-5,9H,8H2;1H3. The van der Waals surface area contributed by atoms with Crippen molar-refractivity contribution in [1.82, 2.24) is 6.15 Å². The van der Waals surface area contributed by atoms with Crippen LogP contribution in [0.15, 0.2) is 24.3 Å². The van der Waals surface area contributed by atoms with Crippen molar-refractivity contribution >= 4 is 12.0 Å². The number of anilines is 1. The van der Waals surface area contributed by atoms with E-state index in [1.165, 1.54) is 0 Å². The van der Waals surface area contributed by atoms with Crippen molar-refractivity contribution < 1.29 is 4.79 Å². The van der Waals surface area contributed by atoms with Crippen molar-refractivity contribution in [2.75, 3.05) is 5.43 Å². The van der Waals surface area contributed by atoms with Gasteiger partial charge < -0.3 is 11.6 Å². The van der Waals surface area contributed by atoms with Crippen LogP contribution < -0.4 is 17.4 Å². The number of nitrogens with two attached hydrogens (primary N) is 1. The minimum absolute atomic E-state index is 0. The van der Waals surface area contributed by atoms with Crippen molar-refractivity contribution in [3.05, 3.63) is 29.8 Å². The number of carbonyl (C=O) groups excluding carboxylic acids is 1. The zero-order chi connectivity index (χ0) is 7.40. The second-order valence-corrected chi connectivity index (χ2v) is 1.89. The van der Waals surface area contributed by atoms with E-state index in [-0.39, 0.29) is 6.15 Å². The van der Waals surface area contributed by atoms with Crippen molar-refractivity contribution in [3.8, 4) is 0 Å². The second-order valence-electron chi connectivity index (χ2n) is 1.89. The zero-order valence-electron chi connectivity index (χ0n) is 6.08. The summed E-state index contributed by atoms with van der Waals surface area (Å²) in [6.07, 6.45) is 0.779. The van der Waals surface area contributed by atoms with Gasteiger partial charge in [-0.05, 0) is 12.1 Å². The molecule has 6 N–H and O–H groups in total. The Labute approximate surface area is 65.0 Å². The molecular formula is C7H11N3O. The molecule has 1 rings (SSSR count). The van der Waals surface area contributed by atoms with Gasteiger partial charge in [0.1, 0.15) is 6.29 Å². The van der Waals surface area contributed by atoms with Gasteiger partial charge in [-0.2, -0.15) is 0 Å². The fraction of sp³-hybridized carbons (Fsp3) is 0. The Bertz CT molecular complexity index is 237. The lowest BCUT2D eigenvalue weighted by Gasteiger charge is -1.97. The van der Waals surface area contributed by atoms with Crippen LogP contribution in [-0.4, -0.2) is 6.29 Å². The number of aldehydes is 1. The summed E-state index contributed by atoms with van der Waals surface area (Å²) in [4.78, 5) is 10.2. The summed E-state index contributed by atoms with van der Waals surface area (Å²) in [7, 11) is 0. The first kappa shape index (κ1) is 9.61. The molecule has 0 amide bonds. The lowest BCUT2D eigenvalue weighted by molar-refractivity contribution is 0.112. The van der Waals surface area contributed by atoms with Crippen LogP contribution in [0.5, 0.6) is 0 Å². The summed E-state index contributed by atoms with van der Waals surface area (Å²) in [6, 6.07) is 6.94. The fourth-order valence-corrected chi connectivity index (χ4v) is 0.702. The van der Waals surface area contributed by atoms with Crippen LogP contribution in [0.4, 0.5) is 5.69 Å². The number of nitrogen functional groups attached to an aromatic ring is 1. The number of hydrogen-bond acceptors (Lipinski definition) is 4. The molecule has 60 valence electrons. The van der Waals surface area contributed by atoms with E-state index in [0.717, 1.165) is 12.0 Å². The SMILES string of the molecule is N.NNc1cccc(C=O)c1. The van der Waals surface area contributed by atoms with Crippen LogP contribution in [0.1, 0.15) is 10.4 Å². The zero-order valence-corrected chi connectivity index (χ0v) is 6.08. The average Bonchev–Trinajstić information content (AvgIpc) is 2.05. The Morgan fingerprint density at radius 1 is 1.45 bits per heavy atom. The van der Waals surface area contributed by atoms with Gasteiger partial charge in [0.15, 0.2) is 0 Å². The number of rotatable bonds is 2. The third-order valence-electron chi connectivity index (χ3n) is 1.19. The molecule has 11 heavy (non-hydrogen) atoms. The lowest BCUT2D eigenvalue weighted by atomic mass is 10.2. The highest BCUT2D eigenvalue weighted by molar-refractivity contribution is 5.76. The summed E-state index contributed by atoms with van der Waals surface area (Å²) < 4.78 is 0. The molecule has 1 aromatic carbocycles. The fourth-order valence-electron chi connectivity index (χ4n) is 0.702. The predicted octanol–water partition coefficient (Wildman–Crippen LogP) is 0.947. The smallest absolute Gasteiger partial charge is 0.150 e. The normalized spacial score (nSPS) is 8.09. The van der Waals surface area contributed by atoms with E-state index in [9.17, 15) is 4.79 Å². The Kier molecular flexibility index (Phi) is 3.87. The molecule has 1 aromatic rings. The van der Waals surface area contributed by atoms with Crippen LogP contribution >= 0.6 is 0 Å². The molecule has 0 radical (unpaired) electrons. The molecule has 0 unspecified atom stereocenters. The van der Waals surface area contributed by atoms with Crippen molar-refractivity contribution in [2.24, 2.45) is 5.84 Å². The monoisotopic (exact) mass is 153 g/mol. The molecule has 0 aliphatic carbocycles. The van der Waals surface area contributed by atoms with E-state index in [1.54, 1.807) is 24.3 Å². The lowest BCUT2D eigenvalue weighted by Crippen LogP contribution is -2.06.